The molecule has 31 heavy (non-hydrogen) atoms. The minimum absolute atomic E-state index is 0.134. The third kappa shape index (κ3) is 6.57. The lowest BCUT2D eigenvalue weighted by Gasteiger charge is -2.13. The van der Waals surface area contributed by atoms with Gasteiger partial charge in [0.25, 0.3) is 5.91 Å². The largest absolute Gasteiger partial charge is 0.481 e. The molecule has 0 heterocycles. The predicted octanol–water partition coefficient (Wildman–Crippen LogP) is 5.85. The van der Waals surface area contributed by atoms with Gasteiger partial charge in [-0.05, 0) is 92.4 Å². The summed E-state index contributed by atoms with van der Waals surface area (Å²) in [6, 6.07) is 17.9. The lowest BCUT2D eigenvalue weighted by Crippen LogP contribution is -2.20. The molecule has 0 atom stereocenters. The molecule has 0 saturated heterocycles. The summed E-state index contributed by atoms with van der Waals surface area (Å²) in [4.78, 5) is 23.3. The fraction of sp³-hybridized carbons (Fsp3) is 0.130. The molecular weight excluding hydrogens is 528 g/mol. The highest BCUT2D eigenvalue weighted by Gasteiger charge is 2.12. The maximum Gasteiger partial charge on any atom is 0.335 e. The smallest absolute Gasteiger partial charge is 0.335 e. The van der Waals surface area contributed by atoms with Gasteiger partial charge in [-0.1, -0.05) is 18.2 Å². The lowest BCUT2D eigenvalue weighted by atomic mass is 10.2. The Morgan fingerprint density at radius 2 is 1.65 bits per heavy atom. The summed E-state index contributed by atoms with van der Waals surface area (Å²) in [6.07, 6.45) is 0. The van der Waals surface area contributed by atoms with Crippen molar-refractivity contribution in [1.82, 2.24) is 0 Å². The lowest BCUT2D eigenvalue weighted by molar-refractivity contribution is -0.118. The van der Waals surface area contributed by atoms with Crippen LogP contribution in [0.5, 0.6) is 5.75 Å². The Labute approximate surface area is 196 Å². The van der Waals surface area contributed by atoms with Gasteiger partial charge in [-0.2, -0.15) is 0 Å². The molecule has 1 amide bonds. The van der Waals surface area contributed by atoms with Gasteiger partial charge in [0.2, 0.25) is 0 Å². The summed E-state index contributed by atoms with van der Waals surface area (Å²) < 4.78 is 7.09. The predicted molar refractivity (Wildman–Crippen MR) is 128 cm³/mol. The third-order valence-electron chi connectivity index (χ3n) is 4.31. The van der Waals surface area contributed by atoms with Crippen LogP contribution >= 0.6 is 31.9 Å². The summed E-state index contributed by atoms with van der Waals surface area (Å²) in [6.45, 7) is 2.30. The number of hydrogen-bond donors (Lipinski definition) is 3. The molecule has 0 fully saturated rings. The number of rotatable bonds is 8. The van der Waals surface area contributed by atoms with Crippen LogP contribution in [0.1, 0.15) is 21.5 Å². The molecule has 0 aliphatic carbocycles. The number of benzene rings is 3. The van der Waals surface area contributed by atoms with E-state index >= 15 is 0 Å². The van der Waals surface area contributed by atoms with Gasteiger partial charge < -0.3 is 20.5 Å². The number of aryl methyl sites for hydroxylation is 1. The van der Waals surface area contributed by atoms with E-state index in [2.05, 4.69) is 42.5 Å². The van der Waals surface area contributed by atoms with Crippen LogP contribution in [0.2, 0.25) is 0 Å². The second-order valence-corrected chi connectivity index (χ2v) is 8.54. The van der Waals surface area contributed by atoms with Crippen LogP contribution in [0.3, 0.4) is 0 Å². The maximum atomic E-state index is 12.2. The molecule has 0 spiro atoms. The minimum Gasteiger partial charge on any atom is -0.481 e. The maximum absolute atomic E-state index is 12.2. The topological polar surface area (TPSA) is 87.7 Å². The molecule has 0 unspecified atom stereocenters. The van der Waals surface area contributed by atoms with Crippen LogP contribution in [0.15, 0.2) is 69.6 Å². The zero-order chi connectivity index (χ0) is 22.4. The molecule has 3 aromatic carbocycles. The van der Waals surface area contributed by atoms with Gasteiger partial charge in [0.15, 0.2) is 6.61 Å². The fourth-order valence-electron chi connectivity index (χ4n) is 2.88. The number of nitrogens with one attached hydrogen (secondary N) is 2. The van der Waals surface area contributed by atoms with Crippen molar-refractivity contribution in [3.63, 3.8) is 0 Å². The second kappa shape index (κ2) is 10.5. The van der Waals surface area contributed by atoms with Crippen molar-refractivity contribution in [3.8, 4) is 5.75 Å². The number of carbonyl (C=O) groups excluding carboxylic acids is 1. The van der Waals surface area contributed by atoms with Gasteiger partial charge in [-0.15, -0.1) is 0 Å². The highest BCUT2D eigenvalue weighted by atomic mass is 79.9. The van der Waals surface area contributed by atoms with Crippen molar-refractivity contribution in [2.45, 2.75) is 13.5 Å². The Bertz CT molecular complexity index is 1100. The number of ether oxygens (including phenoxy) is 1. The van der Waals surface area contributed by atoms with E-state index in [1.807, 2.05) is 43.3 Å². The zero-order valence-electron chi connectivity index (χ0n) is 16.6. The van der Waals surface area contributed by atoms with Crippen molar-refractivity contribution in [2.24, 2.45) is 0 Å². The number of hydrogen-bond acceptors (Lipinski definition) is 4. The normalized spacial score (nSPS) is 10.4. The van der Waals surface area contributed by atoms with Gasteiger partial charge >= 0.3 is 5.97 Å². The first-order chi connectivity index (χ1) is 14.8. The number of carbonyl (C=O) groups is 2. The first-order valence-corrected chi connectivity index (χ1v) is 10.9. The number of amides is 1. The molecule has 8 heteroatoms. The van der Waals surface area contributed by atoms with E-state index in [1.165, 1.54) is 0 Å². The molecule has 0 saturated carbocycles. The minimum atomic E-state index is -0.970. The Morgan fingerprint density at radius 3 is 2.32 bits per heavy atom. The van der Waals surface area contributed by atoms with E-state index in [-0.39, 0.29) is 18.1 Å². The van der Waals surface area contributed by atoms with Crippen LogP contribution in [-0.2, 0) is 11.3 Å². The summed E-state index contributed by atoms with van der Waals surface area (Å²) in [5, 5.41) is 15.1. The van der Waals surface area contributed by atoms with E-state index < -0.39 is 5.97 Å². The molecule has 160 valence electrons. The average Bonchev–Trinajstić information content (AvgIpc) is 2.72. The molecular formula is C23H20Br2N2O4. The number of carboxylic acid groups (broad SMARTS) is 1. The van der Waals surface area contributed by atoms with Crippen molar-refractivity contribution < 1.29 is 19.4 Å². The molecule has 3 aromatic rings. The van der Waals surface area contributed by atoms with E-state index in [9.17, 15) is 9.59 Å². The molecule has 0 aliphatic heterocycles. The second-order valence-electron chi connectivity index (χ2n) is 6.83. The van der Waals surface area contributed by atoms with Crippen molar-refractivity contribution in [1.29, 1.82) is 0 Å². The Morgan fingerprint density at radius 1 is 0.968 bits per heavy atom. The van der Waals surface area contributed by atoms with Crippen molar-refractivity contribution in [3.05, 3.63) is 86.3 Å². The number of aromatic carboxylic acids is 1. The van der Waals surface area contributed by atoms with E-state index in [4.69, 9.17) is 9.84 Å². The van der Waals surface area contributed by atoms with Gasteiger partial charge in [0.1, 0.15) is 5.75 Å². The van der Waals surface area contributed by atoms with Crippen LogP contribution in [0.4, 0.5) is 11.4 Å². The van der Waals surface area contributed by atoms with Gasteiger partial charge in [0.05, 0.1) is 14.5 Å². The Hall–Kier alpha value is -2.84. The summed E-state index contributed by atoms with van der Waals surface area (Å²) >= 11 is 6.98. The zero-order valence-corrected chi connectivity index (χ0v) is 19.8. The number of anilines is 2. The summed E-state index contributed by atoms with van der Waals surface area (Å²) in [5.41, 5.74) is 3.65. The Kier molecular flexibility index (Phi) is 7.70. The van der Waals surface area contributed by atoms with Crippen molar-refractivity contribution >= 4 is 55.1 Å². The summed E-state index contributed by atoms with van der Waals surface area (Å²) in [5.74, 6) is -0.702. The SMILES string of the molecule is Cc1cccc(NC(=O)COc2c(Br)cc(CNc3cccc(C(=O)O)c3)cc2Br)c1. The van der Waals surface area contributed by atoms with E-state index in [0.29, 0.717) is 26.9 Å². The molecule has 0 bridgehead atoms. The first kappa shape index (κ1) is 22.8. The van der Waals surface area contributed by atoms with Crippen LogP contribution in [0, 0.1) is 6.92 Å². The molecule has 3 rings (SSSR count). The van der Waals surface area contributed by atoms with E-state index in [1.54, 1.807) is 24.3 Å². The van der Waals surface area contributed by atoms with Crippen LogP contribution in [0.25, 0.3) is 0 Å². The average molecular weight is 548 g/mol. The van der Waals surface area contributed by atoms with Crippen molar-refractivity contribution in [2.75, 3.05) is 17.2 Å². The molecule has 6 nitrogen and oxygen atoms in total. The quantitative estimate of drug-likeness (QED) is 0.329. The van der Waals surface area contributed by atoms with Gasteiger partial charge in [0, 0.05) is 17.9 Å². The standard InChI is InChI=1S/C23H20Br2N2O4/c1-14-4-2-7-18(8-14)27-21(28)13-31-22-19(24)9-15(10-20(22)25)12-26-17-6-3-5-16(11-17)23(29)30/h2-11,26H,12-13H2,1H3,(H,27,28)(H,29,30). The monoisotopic (exact) mass is 546 g/mol. The van der Waals surface area contributed by atoms with E-state index in [0.717, 1.165) is 16.8 Å². The molecule has 3 N–H and O–H groups in total. The number of carboxylic acids is 1. The Balaban J connectivity index is 1.60. The molecule has 0 radical (unpaired) electrons. The molecule has 0 aliphatic rings. The van der Waals surface area contributed by atoms with Gasteiger partial charge in [-0.25, -0.2) is 4.79 Å². The van der Waals surface area contributed by atoms with Crippen LogP contribution < -0.4 is 15.4 Å². The van der Waals surface area contributed by atoms with Gasteiger partial charge in [-0.3, -0.25) is 4.79 Å². The fourth-order valence-corrected chi connectivity index (χ4v) is 4.39. The third-order valence-corrected chi connectivity index (χ3v) is 5.49. The van der Waals surface area contributed by atoms with Crippen LogP contribution in [-0.4, -0.2) is 23.6 Å². The number of halogens is 2. The highest BCUT2D eigenvalue weighted by Crippen LogP contribution is 2.35. The summed E-state index contributed by atoms with van der Waals surface area (Å²) in [7, 11) is 0. The molecule has 0 aromatic heterocycles. The highest BCUT2D eigenvalue weighted by molar-refractivity contribution is 9.11. The first-order valence-electron chi connectivity index (χ1n) is 9.36.